The van der Waals surface area contributed by atoms with Crippen molar-refractivity contribution in [2.45, 2.75) is 25.3 Å². The second kappa shape index (κ2) is 7.31. The van der Waals surface area contributed by atoms with Gasteiger partial charge in [-0.15, -0.1) is 0 Å². The summed E-state index contributed by atoms with van der Waals surface area (Å²) in [6.07, 6.45) is 12.0. The van der Waals surface area contributed by atoms with Crippen molar-refractivity contribution < 1.29 is 14.3 Å². The highest BCUT2D eigenvalue weighted by Gasteiger charge is 2.31. The maximum absolute atomic E-state index is 13.4. The van der Waals surface area contributed by atoms with E-state index < -0.39 is 0 Å². The van der Waals surface area contributed by atoms with Gasteiger partial charge in [0.25, 0.3) is 0 Å². The summed E-state index contributed by atoms with van der Waals surface area (Å²) in [5.41, 5.74) is 5.14. The van der Waals surface area contributed by atoms with E-state index in [9.17, 15) is 14.3 Å². The summed E-state index contributed by atoms with van der Waals surface area (Å²) in [6.45, 7) is 1.21. The third kappa shape index (κ3) is 3.04. The Morgan fingerprint density at radius 1 is 1.25 bits per heavy atom. The molecule has 0 radical (unpaired) electrons. The second-order valence-electron chi connectivity index (χ2n) is 8.77. The van der Waals surface area contributed by atoms with E-state index in [0.717, 1.165) is 34.0 Å². The van der Waals surface area contributed by atoms with Gasteiger partial charge in [-0.2, -0.15) is 0 Å². The Kier molecular flexibility index (Phi) is 4.40. The Morgan fingerprint density at radius 2 is 2.16 bits per heavy atom. The highest BCUT2D eigenvalue weighted by atomic mass is 19.1. The van der Waals surface area contributed by atoms with Crippen LogP contribution in [0.1, 0.15) is 29.9 Å². The molecule has 6 rings (SSSR count). The number of nitrogens with zero attached hydrogens (tertiary/aromatic N) is 4. The van der Waals surface area contributed by atoms with E-state index in [1.54, 1.807) is 17.2 Å². The standard InChI is InChI=1S/C25H23FN4O2/c26-20-3-1-17(2-4-20)18-11-23-25-27-7-8-29(25)22-6-5-21(10-19(22)14-28(23)13-18)30-12-16(15-31)9-24(30)32/h1,3-8,10-11,13,16-17,31H,2,9,12,14-15H2/t16-,17?/m0/s1. The maximum Gasteiger partial charge on any atom is 0.227 e. The van der Waals surface area contributed by atoms with E-state index in [2.05, 4.69) is 32.4 Å². The van der Waals surface area contributed by atoms with Crippen molar-refractivity contribution in [2.24, 2.45) is 5.92 Å². The monoisotopic (exact) mass is 430 g/mol. The summed E-state index contributed by atoms with van der Waals surface area (Å²) in [7, 11) is 0. The van der Waals surface area contributed by atoms with Crippen molar-refractivity contribution in [3.05, 3.63) is 78.0 Å². The molecule has 2 aromatic heterocycles. The van der Waals surface area contributed by atoms with Crippen LogP contribution in [0.2, 0.25) is 0 Å². The number of carbonyl (C=O) groups excluding carboxylic acids is 1. The molecule has 162 valence electrons. The first-order chi connectivity index (χ1) is 15.6. The van der Waals surface area contributed by atoms with Crippen molar-refractivity contribution in [3.63, 3.8) is 0 Å². The molecule has 1 fully saturated rings. The van der Waals surface area contributed by atoms with Gasteiger partial charge in [0.1, 0.15) is 5.83 Å². The number of aliphatic hydroxyl groups excluding tert-OH is 1. The molecule has 1 unspecified atom stereocenters. The highest BCUT2D eigenvalue weighted by Crippen LogP contribution is 2.37. The molecule has 3 aliphatic rings. The molecule has 6 nitrogen and oxygen atoms in total. The number of anilines is 1. The van der Waals surface area contributed by atoms with Gasteiger partial charge in [-0.25, -0.2) is 9.37 Å². The predicted octanol–water partition coefficient (Wildman–Crippen LogP) is 3.94. The summed E-state index contributed by atoms with van der Waals surface area (Å²) in [6, 6.07) is 8.23. The number of fused-ring (bicyclic) bond motifs is 5. The average Bonchev–Trinajstić information content (AvgIpc) is 3.51. The fraction of sp³-hybridized carbons (Fsp3) is 0.280. The van der Waals surface area contributed by atoms with Gasteiger partial charge >= 0.3 is 0 Å². The molecule has 0 bridgehead atoms. The van der Waals surface area contributed by atoms with Crippen LogP contribution in [-0.4, -0.2) is 38.3 Å². The van der Waals surface area contributed by atoms with Gasteiger partial charge in [-0.05, 0) is 54.0 Å². The van der Waals surface area contributed by atoms with Gasteiger partial charge < -0.3 is 14.6 Å². The summed E-state index contributed by atoms with van der Waals surface area (Å²) in [5.74, 6) is 0.860. The number of imidazole rings is 1. The molecule has 0 spiro atoms. The molecule has 1 aliphatic carbocycles. The zero-order valence-corrected chi connectivity index (χ0v) is 17.5. The lowest BCUT2D eigenvalue weighted by Crippen LogP contribution is -2.25. The van der Waals surface area contributed by atoms with Crippen LogP contribution in [0.15, 0.2) is 66.9 Å². The summed E-state index contributed by atoms with van der Waals surface area (Å²) >= 11 is 0. The van der Waals surface area contributed by atoms with Crippen LogP contribution < -0.4 is 4.90 Å². The molecule has 7 heteroatoms. The van der Waals surface area contributed by atoms with Crippen LogP contribution in [-0.2, 0) is 11.3 Å². The fourth-order valence-electron chi connectivity index (χ4n) is 5.02. The number of rotatable bonds is 3. The molecule has 2 aliphatic heterocycles. The summed E-state index contributed by atoms with van der Waals surface area (Å²) in [4.78, 5) is 18.9. The summed E-state index contributed by atoms with van der Waals surface area (Å²) < 4.78 is 17.7. The molecular weight excluding hydrogens is 407 g/mol. The van der Waals surface area contributed by atoms with Gasteiger partial charge in [0.05, 0.1) is 11.4 Å². The molecule has 1 saturated heterocycles. The normalized spacial score (nSPS) is 21.8. The number of amides is 1. The van der Waals surface area contributed by atoms with Gasteiger partial charge in [0, 0.05) is 62.2 Å². The molecule has 1 N–H and O–H groups in total. The molecule has 32 heavy (non-hydrogen) atoms. The maximum atomic E-state index is 13.4. The molecular formula is C25H23FN4O2. The Hall–Kier alpha value is -3.45. The zero-order chi connectivity index (χ0) is 21.8. The SMILES string of the molecule is O=C1C[C@H](CO)CN1c1ccc2c(c1)Cn1cc(C3C=CC(F)=CC3)cc1-c1nccn1-2. The van der Waals surface area contributed by atoms with E-state index in [-0.39, 0.29) is 30.2 Å². The number of aliphatic hydroxyl groups is 1. The number of hydrogen-bond donors (Lipinski definition) is 1. The molecule has 1 amide bonds. The topological polar surface area (TPSA) is 63.3 Å². The van der Waals surface area contributed by atoms with Crippen molar-refractivity contribution in [1.82, 2.24) is 14.1 Å². The predicted molar refractivity (Wildman–Crippen MR) is 119 cm³/mol. The molecule has 1 aromatic carbocycles. The smallest absolute Gasteiger partial charge is 0.227 e. The van der Waals surface area contributed by atoms with Crippen molar-refractivity contribution in [2.75, 3.05) is 18.1 Å². The number of carbonyl (C=O) groups is 1. The Bertz CT molecular complexity index is 1280. The number of aromatic nitrogens is 3. The second-order valence-corrected chi connectivity index (χ2v) is 8.77. The number of benzene rings is 1. The zero-order valence-electron chi connectivity index (χ0n) is 17.5. The molecule has 3 aromatic rings. The van der Waals surface area contributed by atoms with Crippen LogP contribution in [0.25, 0.3) is 17.2 Å². The van der Waals surface area contributed by atoms with Crippen molar-refractivity contribution in [3.8, 4) is 17.2 Å². The number of hydrogen-bond acceptors (Lipinski definition) is 3. The first-order valence-electron chi connectivity index (χ1n) is 10.9. The van der Waals surface area contributed by atoms with Gasteiger partial charge in [-0.3, -0.25) is 9.36 Å². The number of halogens is 1. The number of allylic oxidation sites excluding steroid dienone is 4. The minimum atomic E-state index is -0.182. The average molecular weight is 430 g/mol. The first-order valence-corrected chi connectivity index (χ1v) is 10.9. The van der Waals surface area contributed by atoms with Crippen molar-refractivity contribution in [1.29, 1.82) is 0 Å². The van der Waals surface area contributed by atoms with Crippen LogP contribution in [0.4, 0.5) is 10.1 Å². The third-order valence-electron chi connectivity index (χ3n) is 6.71. The quantitative estimate of drug-likeness (QED) is 0.536. The van der Waals surface area contributed by atoms with E-state index in [0.29, 0.717) is 25.9 Å². The first kappa shape index (κ1) is 19.3. The van der Waals surface area contributed by atoms with Gasteiger partial charge in [0.2, 0.25) is 5.91 Å². The van der Waals surface area contributed by atoms with E-state index in [1.165, 1.54) is 6.08 Å². The minimum absolute atomic E-state index is 0.0115. The van der Waals surface area contributed by atoms with E-state index in [1.807, 2.05) is 24.4 Å². The minimum Gasteiger partial charge on any atom is -0.396 e. The van der Waals surface area contributed by atoms with Crippen LogP contribution >= 0.6 is 0 Å². The Labute approximate surface area is 184 Å². The summed E-state index contributed by atoms with van der Waals surface area (Å²) in [5, 5.41) is 9.48. The molecule has 4 heterocycles. The third-order valence-corrected chi connectivity index (χ3v) is 6.71. The highest BCUT2D eigenvalue weighted by molar-refractivity contribution is 5.96. The van der Waals surface area contributed by atoms with Gasteiger partial charge in [0.15, 0.2) is 5.82 Å². The Morgan fingerprint density at radius 3 is 2.94 bits per heavy atom. The van der Waals surface area contributed by atoms with Crippen molar-refractivity contribution >= 4 is 11.6 Å². The van der Waals surface area contributed by atoms with Crippen LogP contribution in [0, 0.1) is 5.92 Å². The van der Waals surface area contributed by atoms with Gasteiger partial charge in [-0.1, -0.05) is 6.08 Å². The lowest BCUT2D eigenvalue weighted by Gasteiger charge is -2.19. The fourth-order valence-corrected chi connectivity index (χ4v) is 5.02. The van der Waals surface area contributed by atoms with E-state index in [4.69, 9.17) is 0 Å². The molecule has 0 saturated carbocycles. The van der Waals surface area contributed by atoms with Crippen LogP contribution in [0.3, 0.4) is 0 Å². The lowest BCUT2D eigenvalue weighted by molar-refractivity contribution is -0.117. The largest absolute Gasteiger partial charge is 0.396 e. The van der Waals surface area contributed by atoms with Crippen LogP contribution in [0.5, 0.6) is 0 Å². The lowest BCUT2D eigenvalue weighted by atomic mass is 9.94. The van der Waals surface area contributed by atoms with E-state index >= 15 is 0 Å². The Balaban J connectivity index is 1.40. The molecule has 2 atom stereocenters.